The van der Waals surface area contributed by atoms with E-state index in [0.717, 1.165) is 30.0 Å². The molecule has 4 atom stereocenters. The van der Waals surface area contributed by atoms with E-state index in [9.17, 15) is 18.0 Å². The first-order valence-electron chi connectivity index (χ1n) is 13.7. The molecule has 7 heteroatoms. The van der Waals surface area contributed by atoms with E-state index in [4.69, 9.17) is 4.74 Å². The molecule has 1 saturated heterocycles. The van der Waals surface area contributed by atoms with Crippen LogP contribution in [0.15, 0.2) is 49.6 Å². The molecule has 4 rings (SSSR count). The summed E-state index contributed by atoms with van der Waals surface area (Å²) in [7, 11) is -3.82. The van der Waals surface area contributed by atoms with Gasteiger partial charge in [-0.3, -0.25) is 4.79 Å². The highest BCUT2D eigenvalue weighted by Gasteiger charge is 2.70. The number of fused-ring (bicyclic) bond motifs is 1. The lowest BCUT2D eigenvalue weighted by Crippen LogP contribution is -2.46. The Morgan fingerprint density at radius 1 is 1.16 bits per heavy atom. The molecule has 1 amide bonds. The summed E-state index contributed by atoms with van der Waals surface area (Å²) in [5.41, 5.74) is -0.859. The van der Waals surface area contributed by atoms with Gasteiger partial charge in [0.25, 0.3) is 5.91 Å². The number of hydrogen-bond acceptors (Lipinski definition) is 5. The van der Waals surface area contributed by atoms with Crippen LogP contribution in [-0.2, 0) is 14.8 Å². The molecule has 208 valence electrons. The third-order valence-electron chi connectivity index (χ3n) is 10.7. The van der Waals surface area contributed by atoms with E-state index >= 15 is 0 Å². The average molecular weight is 542 g/mol. The van der Waals surface area contributed by atoms with Crippen molar-refractivity contribution in [2.75, 3.05) is 12.4 Å². The molecule has 1 aromatic rings. The van der Waals surface area contributed by atoms with Crippen molar-refractivity contribution in [1.29, 1.82) is 0 Å². The van der Waals surface area contributed by atoms with Crippen LogP contribution in [0, 0.1) is 27.6 Å². The van der Waals surface area contributed by atoms with Crippen molar-refractivity contribution in [3.63, 3.8) is 0 Å². The quantitative estimate of drug-likeness (QED) is 0.267. The van der Waals surface area contributed by atoms with Crippen LogP contribution < -0.4 is 0 Å². The number of allylic oxidation sites excluding steroid dienone is 2. The number of benzene rings is 1. The SMILES string of the molecule is C=CCC(C)(C)C(C)(C=C)CCOC(=O)c1ccccc1C(=O)N1C2CC3CCCC2(CS1(=O)=O)C3(C)C. The lowest BCUT2D eigenvalue weighted by molar-refractivity contribution is 0.0253. The third-order valence-corrected chi connectivity index (χ3v) is 12.6. The van der Waals surface area contributed by atoms with E-state index in [-0.39, 0.29) is 45.8 Å². The van der Waals surface area contributed by atoms with Crippen LogP contribution in [0.1, 0.15) is 93.9 Å². The fourth-order valence-electron chi connectivity index (χ4n) is 7.50. The number of nitrogens with zero attached hydrogens (tertiary/aromatic N) is 1. The van der Waals surface area contributed by atoms with Crippen molar-refractivity contribution in [3.05, 3.63) is 60.7 Å². The van der Waals surface area contributed by atoms with Crippen molar-refractivity contribution in [2.45, 2.75) is 79.2 Å². The molecule has 38 heavy (non-hydrogen) atoms. The highest BCUT2D eigenvalue weighted by Crippen LogP contribution is 2.67. The largest absolute Gasteiger partial charge is 0.462 e. The number of carbonyl (C=O) groups excluding carboxylic acids is 2. The highest BCUT2D eigenvalue weighted by molar-refractivity contribution is 7.90. The summed E-state index contributed by atoms with van der Waals surface area (Å²) in [6.45, 7) is 18.7. The number of sulfonamides is 1. The molecule has 0 radical (unpaired) electrons. The molecule has 6 nitrogen and oxygen atoms in total. The van der Waals surface area contributed by atoms with E-state index in [2.05, 4.69) is 47.8 Å². The minimum absolute atomic E-state index is 0.00680. The molecule has 2 saturated carbocycles. The van der Waals surface area contributed by atoms with E-state index in [1.807, 2.05) is 12.2 Å². The first kappa shape index (κ1) is 28.6. The van der Waals surface area contributed by atoms with Gasteiger partial charge in [-0.15, -0.1) is 13.2 Å². The summed E-state index contributed by atoms with van der Waals surface area (Å²) in [5.74, 6) is -0.867. The summed E-state index contributed by atoms with van der Waals surface area (Å²) in [6, 6.07) is 6.03. The van der Waals surface area contributed by atoms with Crippen molar-refractivity contribution in [3.8, 4) is 0 Å². The normalized spacial score (nSPS) is 28.7. The summed E-state index contributed by atoms with van der Waals surface area (Å²) in [6.07, 6.45) is 8.65. The maximum Gasteiger partial charge on any atom is 0.338 e. The predicted octanol–water partition coefficient (Wildman–Crippen LogP) is 6.40. The van der Waals surface area contributed by atoms with E-state index in [0.29, 0.717) is 18.8 Å². The van der Waals surface area contributed by atoms with Crippen LogP contribution in [0.4, 0.5) is 0 Å². The molecular formula is C31H43NO5S. The van der Waals surface area contributed by atoms with Gasteiger partial charge in [0, 0.05) is 5.41 Å². The Balaban J connectivity index is 1.57. The molecule has 1 aromatic carbocycles. The second-order valence-corrected chi connectivity index (χ2v) is 14.9. The molecule has 3 fully saturated rings. The number of carbonyl (C=O) groups is 2. The first-order valence-corrected chi connectivity index (χ1v) is 15.4. The summed E-state index contributed by atoms with van der Waals surface area (Å²) >= 11 is 0. The van der Waals surface area contributed by atoms with Crippen molar-refractivity contribution in [2.24, 2.45) is 27.6 Å². The molecule has 0 aromatic heterocycles. The van der Waals surface area contributed by atoms with Gasteiger partial charge in [0.2, 0.25) is 10.0 Å². The minimum Gasteiger partial charge on any atom is -0.462 e. The Kier molecular flexibility index (Phi) is 7.26. The number of rotatable bonds is 9. The second kappa shape index (κ2) is 9.65. The average Bonchev–Trinajstić information content (AvgIpc) is 3.07. The smallest absolute Gasteiger partial charge is 0.338 e. The number of hydrogen-bond donors (Lipinski definition) is 0. The van der Waals surface area contributed by atoms with Crippen LogP contribution in [0.3, 0.4) is 0 Å². The fraction of sp³-hybridized carbons (Fsp3) is 0.613. The number of amides is 1. The van der Waals surface area contributed by atoms with Crippen LogP contribution >= 0.6 is 0 Å². The molecule has 0 N–H and O–H groups in total. The zero-order valence-electron chi connectivity index (χ0n) is 23.6. The minimum atomic E-state index is -3.82. The molecule has 4 unspecified atom stereocenters. The first-order chi connectivity index (χ1) is 17.7. The van der Waals surface area contributed by atoms with E-state index in [1.165, 1.54) is 6.07 Å². The van der Waals surface area contributed by atoms with Gasteiger partial charge in [-0.25, -0.2) is 17.5 Å². The third kappa shape index (κ3) is 4.25. The van der Waals surface area contributed by atoms with Crippen LogP contribution in [0.2, 0.25) is 0 Å². The molecular weight excluding hydrogens is 498 g/mol. The predicted molar refractivity (Wildman–Crippen MR) is 150 cm³/mol. The second-order valence-electron chi connectivity index (χ2n) is 13.0. The highest BCUT2D eigenvalue weighted by atomic mass is 32.2. The zero-order valence-corrected chi connectivity index (χ0v) is 24.4. The van der Waals surface area contributed by atoms with E-state index < -0.39 is 27.3 Å². The zero-order chi connectivity index (χ0) is 28.1. The van der Waals surface area contributed by atoms with Gasteiger partial charge in [-0.2, -0.15) is 0 Å². The van der Waals surface area contributed by atoms with Gasteiger partial charge in [0.15, 0.2) is 0 Å². The van der Waals surface area contributed by atoms with Crippen LogP contribution in [0.25, 0.3) is 0 Å². The maximum absolute atomic E-state index is 13.9. The topological polar surface area (TPSA) is 80.8 Å². The molecule has 3 aliphatic rings. The fourth-order valence-corrected chi connectivity index (χ4v) is 10.0. The van der Waals surface area contributed by atoms with Crippen molar-refractivity contribution in [1.82, 2.24) is 4.31 Å². The molecule has 1 spiro atoms. The van der Waals surface area contributed by atoms with Crippen LogP contribution in [-0.4, -0.2) is 43.0 Å². The lowest BCUT2D eigenvalue weighted by atomic mass is 9.58. The molecule has 1 heterocycles. The number of ether oxygens (including phenoxy) is 1. The molecule has 2 aliphatic carbocycles. The maximum atomic E-state index is 13.9. The van der Waals surface area contributed by atoms with Gasteiger partial charge in [0.1, 0.15) is 0 Å². The molecule has 1 aliphatic heterocycles. The van der Waals surface area contributed by atoms with Gasteiger partial charge < -0.3 is 4.74 Å². The summed E-state index contributed by atoms with van der Waals surface area (Å²) < 4.78 is 33.8. The Hall–Kier alpha value is -2.41. The monoisotopic (exact) mass is 541 g/mol. The van der Waals surface area contributed by atoms with Gasteiger partial charge in [0.05, 0.1) is 29.5 Å². The van der Waals surface area contributed by atoms with Gasteiger partial charge >= 0.3 is 5.97 Å². The van der Waals surface area contributed by atoms with Gasteiger partial charge in [-0.05, 0) is 66.4 Å². The Morgan fingerprint density at radius 2 is 1.82 bits per heavy atom. The summed E-state index contributed by atoms with van der Waals surface area (Å²) in [4.78, 5) is 27.1. The van der Waals surface area contributed by atoms with Crippen molar-refractivity contribution < 1.29 is 22.7 Å². The number of esters is 1. The Morgan fingerprint density at radius 3 is 2.45 bits per heavy atom. The lowest BCUT2D eigenvalue weighted by Gasteiger charge is -2.46. The van der Waals surface area contributed by atoms with Crippen molar-refractivity contribution >= 4 is 21.9 Å². The standard InChI is InChI=1S/C31H43NO5S/c1-8-16-28(3,4)30(7,9-2)18-19-37-27(34)24-15-11-10-14-23(24)26(33)32-25-20-22-13-12-17-31(25,29(22,5)6)21-38(32,35)36/h8-11,14-15,22,25H,1-2,12-13,16-21H2,3-7H3. The Bertz CT molecular complexity index is 1250. The van der Waals surface area contributed by atoms with Gasteiger partial charge in [-0.1, -0.05) is 65.3 Å². The summed E-state index contributed by atoms with van der Waals surface area (Å²) in [5, 5.41) is 0. The molecule has 2 bridgehead atoms. The Labute approximate surface area is 228 Å². The van der Waals surface area contributed by atoms with Crippen LogP contribution in [0.5, 0.6) is 0 Å². The van der Waals surface area contributed by atoms with E-state index in [1.54, 1.807) is 18.2 Å².